The number of ether oxygens (including phenoxy) is 1. The zero-order chi connectivity index (χ0) is 16.3. The van der Waals surface area contributed by atoms with Gasteiger partial charge in [0.25, 0.3) is 0 Å². The van der Waals surface area contributed by atoms with Gasteiger partial charge in [-0.25, -0.2) is 4.79 Å². The Morgan fingerprint density at radius 2 is 1.91 bits per heavy atom. The molecule has 2 rings (SSSR count). The summed E-state index contributed by atoms with van der Waals surface area (Å²) in [7, 11) is 0. The normalized spacial score (nSPS) is 12.0. The van der Waals surface area contributed by atoms with Crippen LogP contribution in [-0.2, 0) is 11.2 Å². The fourth-order valence-corrected chi connectivity index (χ4v) is 2.53. The summed E-state index contributed by atoms with van der Waals surface area (Å²) in [5.41, 5.74) is 3.84. The molecule has 0 spiro atoms. The first-order valence-corrected chi connectivity index (χ1v) is 7.47. The molecular formula is C18H19ClO3. The van der Waals surface area contributed by atoms with Gasteiger partial charge in [0.2, 0.25) is 0 Å². The molecule has 1 N–H and O–H groups in total. The van der Waals surface area contributed by atoms with Crippen LogP contribution in [0.3, 0.4) is 0 Å². The minimum atomic E-state index is -1.00. The predicted molar refractivity (Wildman–Crippen MR) is 87.9 cm³/mol. The molecule has 0 aliphatic heterocycles. The number of halogens is 1. The van der Waals surface area contributed by atoms with Gasteiger partial charge in [-0.3, -0.25) is 0 Å². The van der Waals surface area contributed by atoms with E-state index in [2.05, 4.69) is 0 Å². The van der Waals surface area contributed by atoms with Crippen molar-refractivity contribution in [1.82, 2.24) is 0 Å². The van der Waals surface area contributed by atoms with Crippen LogP contribution in [0.15, 0.2) is 36.4 Å². The van der Waals surface area contributed by atoms with Gasteiger partial charge in [0.05, 0.1) is 0 Å². The Labute approximate surface area is 135 Å². The molecule has 4 heteroatoms. The number of carboxylic acids is 1. The van der Waals surface area contributed by atoms with E-state index in [9.17, 15) is 9.90 Å². The molecule has 2 aromatic rings. The Balaban J connectivity index is 2.27. The van der Waals surface area contributed by atoms with E-state index in [1.807, 2.05) is 51.1 Å². The van der Waals surface area contributed by atoms with E-state index in [0.29, 0.717) is 10.8 Å². The standard InChI is InChI=1S/C18H19ClO3/c1-11-8-12(2)13(3)16(9-11)22-17(18(20)21)10-14-6-4-5-7-15(14)19/h4-9,17H,10H2,1-3H3,(H,20,21). The molecule has 0 aromatic heterocycles. The predicted octanol–water partition coefficient (Wildman–Crippen LogP) is 4.34. The summed E-state index contributed by atoms with van der Waals surface area (Å²) in [6.07, 6.45) is -0.749. The van der Waals surface area contributed by atoms with Gasteiger partial charge in [0.15, 0.2) is 6.10 Å². The fourth-order valence-electron chi connectivity index (χ4n) is 2.32. The Morgan fingerprint density at radius 1 is 1.23 bits per heavy atom. The summed E-state index contributed by atoms with van der Waals surface area (Å²) in [5, 5.41) is 10.00. The van der Waals surface area contributed by atoms with E-state index in [-0.39, 0.29) is 6.42 Å². The topological polar surface area (TPSA) is 46.5 Å². The van der Waals surface area contributed by atoms with E-state index in [0.717, 1.165) is 22.3 Å². The van der Waals surface area contributed by atoms with Gasteiger partial charge in [0.1, 0.15) is 5.75 Å². The van der Waals surface area contributed by atoms with Crippen LogP contribution in [0.4, 0.5) is 0 Å². The Hall–Kier alpha value is -2.00. The molecule has 3 nitrogen and oxygen atoms in total. The highest BCUT2D eigenvalue weighted by molar-refractivity contribution is 6.31. The van der Waals surface area contributed by atoms with Gasteiger partial charge in [-0.1, -0.05) is 35.9 Å². The van der Waals surface area contributed by atoms with E-state index >= 15 is 0 Å². The highest BCUT2D eigenvalue weighted by atomic mass is 35.5. The molecule has 0 saturated heterocycles. The summed E-state index contributed by atoms with van der Waals surface area (Å²) < 4.78 is 5.77. The van der Waals surface area contributed by atoms with Crippen molar-refractivity contribution < 1.29 is 14.6 Å². The Morgan fingerprint density at radius 3 is 2.55 bits per heavy atom. The number of carboxylic acid groups (broad SMARTS) is 1. The van der Waals surface area contributed by atoms with Crippen LogP contribution >= 0.6 is 11.6 Å². The summed E-state index contributed by atoms with van der Waals surface area (Å²) in [6.45, 7) is 5.88. The minimum Gasteiger partial charge on any atom is -0.478 e. The molecule has 1 atom stereocenters. The fraction of sp³-hybridized carbons (Fsp3) is 0.278. The second-order valence-corrected chi connectivity index (χ2v) is 5.85. The first-order chi connectivity index (χ1) is 10.4. The lowest BCUT2D eigenvalue weighted by atomic mass is 10.0. The second kappa shape index (κ2) is 6.84. The van der Waals surface area contributed by atoms with Gasteiger partial charge in [-0.2, -0.15) is 0 Å². The monoisotopic (exact) mass is 318 g/mol. The van der Waals surface area contributed by atoms with Crippen molar-refractivity contribution in [2.24, 2.45) is 0 Å². The van der Waals surface area contributed by atoms with Gasteiger partial charge in [-0.15, -0.1) is 0 Å². The average molecular weight is 319 g/mol. The summed E-state index contributed by atoms with van der Waals surface area (Å²) >= 11 is 6.11. The first-order valence-electron chi connectivity index (χ1n) is 7.09. The van der Waals surface area contributed by atoms with Crippen molar-refractivity contribution in [1.29, 1.82) is 0 Å². The van der Waals surface area contributed by atoms with Crippen molar-refractivity contribution in [2.45, 2.75) is 33.3 Å². The zero-order valence-electron chi connectivity index (χ0n) is 12.9. The van der Waals surface area contributed by atoms with Crippen LogP contribution in [0.2, 0.25) is 5.02 Å². The van der Waals surface area contributed by atoms with Crippen LogP contribution < -0.4 is 4.74 Å². The molecule has 0 aliphatic rings. The van der Waals surface area contributed by atoms with Crippen molar-refractivity contribution in [3.05, 3.63) is 63.7 Å². The number of carbonyl (C=O) groups is 1. The van der Waals surface area contributed by atoms with E-state index in [1.165, 1.54) is 0 Å². The molecule has 2 aromatic carbocycles. The first kappa shape index (κ1) is 16.4. The molecule has 22 heavy (non-hydrogen) atoms. The van der Waals surface area contributed by atoms with Gasteiger partial charge >= 0.3 is 5.97 Å². The van der Waals surface area contributed by atoms with Crippen LogP contribution in [0.25, 0.3) is 0 Å². The lowest BCUT2D eigenvalue weighted by Gasteiger charge is -2.19. The molecule has 0 amide bonds. The summed E-state index contributed by atoms with van der Waals surface area (Å²) in [4.78, 5) is 11.5. The number of hydrogen-bond acceptors (Lipinski definition) is 2. The molecule has 116 valence electrons. The molecule has 0 fully saturated rings. The smallest absolute Gasteiger partial charge is 0.345 e. The lowest BCUT2D eigenvalue weighted by Crippen LogP contribution is -2.29. The van der Waals surface area contributed by atoms with Crippen LogP contribution in [-0.4, -0.2) is 17.2 Å². The van der Waals surface area contributed by atoms with Crippen molar-refractivity contribution in [2.75, 3.05) is 0 Å². The minimum absolute atomic E-state index is 0.224. The molecule has 1 unspecified atom stereocenters. The summed E-state index contributed by atoms with van der Waals surface area (Å²) in [5.74, 6) is -0.393. The maximum Gasteiger partial charge on any atom is 0.345 e. The van der Waals surface area contributed by atoms with Gasteiger partial charge < -0.3 is 9.84 Å². The molecule has 0 heterocycles. The molecule has 0 bridgehead atoms. The highest BCUT2D eigenvalue weighted by Crippen LogP contribution is 2.26. The number of benzene rings is 2. The van der Waals surface area contributed by atoms with Crippen LogP contribution in [0.5, 0.6) is 5.75 Å². The van der Waals surface area contributed by atoms with Gasteiger partial charge in [-0.05, 0) is 55.2 Å². The number of rotatable bonds is 5. The largest absolute Gasteiger partial charge is 0.478 e. The third-order valence-corrected chi connectivity index (χ3v) is 4.04. The second-order valence-electron chi connectivity index (χ2n) is 5.45. The highest BCUT2D eigenvalue weighted by Gasteiger charge is 2.22. The van der Waals surface area contributed by atoms with Gasteiger partial charge in [0, 0.05) is 11.4 Å². The number of aliphatic carboxylic acids is 1. The molecular weight excluding hydrogens is 300 g/mol. The summed E-state index contributed by atoms with van der Waals surface area (Å²) in [6, 6.07) is 11.1. The lowest BCUT2D eigenvalue weighted by molar-refractivity contribution is -0.145. The van der Waals surface area contributed by atoms with E-state index in [4.69, 9.17) is 16.3 Å². The van der Waals surface area contributed by atoms with E-state index in [1.54, 1.807) is 6.07 Å². The maximum absolute atomic E-state index is 11.5. The zero-order valence-corrected chi connectivity index (χ0v) is 13.6. The Kier molecular flexibility index (Phi) is 5.09. The van der Waals surface area contributed by atoms with Crippen molar-refractivity contribution >= 4 is 17.6 Å². The molecule has 0 radical (unpaired) electrons. The third kappa shape index (κ3) is 3.80. The third-order valence-electron chi connectivity index (χ3n) is 3.67. The van der Waals surface area contributed by atoms with Crippen LogP contribution in [0.1, 0.15) is 22.3 Å². The van der Waals surface area contributed by atoms with Crippen molar-refractivity contribution in [3.8, 4) is 5.75 Å². The van der Waals surface area contributed by atoms with E-state index < -0.39 is 12.1 Å². The average Bonchev–Trinajstić information content (AvgIpc) is 2.45. The molecule has 0 saturated carbocycles. The van der Waals surface area contributed by atoms with Crippen molar-refractivity contribution in [3.63, 3.8) is 0 Å². The number of hydrogen-bond donors (Lipinski definition) is 1. The van der Waals surface area contributed by atoms with Crippen LogP contribution in [0, 0.1) is 20.8 Å². The molecule has 0 aliphatic carbocycles. The number of aryl methyl sites for hydroxylation is 2. The Bertz CT molecular complexity index is 695. The maximum atomic E-state index is 11.5. The quantitative estimate of drug-likeness (QED) is 0.892. The SMILES string of the molecule is Cc1cc(C)c(C)c(OC(Cc2ccccc2Cl)C(=O)O)c1.